The van der Waals surface area contributed by atoms with Gasteiger partial charge in [0.2, 0.25) is 0 Å². The van der Waals surface area contributed by atoms with E-state index in [4.69, 9.17) is 4.98 Å². The number of nitrogens with zero attached hydrogens (tertiary/aromatic N) is 2. The lowest BCUT2D eigenvalue weighted by Crippen LogP contribution is -2.25. The molecule has 26 heavy (non-hydrogen) atoms. The van der Waals surface area contributed by atoms with Crippen LogP contribution in [0.5, 0.6) is 0 Å². The Balaban J connectivity index is 1.63. The summed E-state index contributed by atoms with van der Waals surface area (Å²) in [6.45, 7) is 8.02. The molecule has 4 nitrogen and oxygen atoms in total. The molecule has 0 aliphatic heterocycles. The fourth-order valence-electron chi connectivity index (χ4n) is 3.26. The predicted molar refractivity (Wildman–Crippen MR) is 106 cm³/mol. The number of aromatic nitrogens is 2. The summed E-state index contributed by atoms with van der Waals surface area (Å²) < 4.78 is 2.32. The van der Waals surface area contributed by atoms with E-state index in [1.807, 2.05) is 37.3 Å². The molecule has 136 valence electrons. The molecule has 1 amide bonds. The molecule has 4 heteroatoms. The molecule has 0 aliphatic rings. The third kappa shape index (κ3) is 4.13. The molecule has 0 bridgehead atoms. The van der Waals surface area contributed by atoms with Crippen LogP contribution in [0.1, 0.15) is 42.0 Å². The first kappa shape index (κ1) is 18.2. The number of imidazole rings is 1. The fourth-order valence-corrected chi connectivity index (χ4v) is 3.26. The van der Waals surface area contributed by atoms with Crippen LogP contribution < -0.4 is 5.32 Å². The van der Waals surface area contributed by atoms with Crippen LogP contribution in [-0.2, 0) is 13.0 Å². The second-order valence-corrected chi connectivity index (χ2v) is 7.20. The van der Waals surface area contributed by atoms with Crippen molar-refractivity contribution >= 4 is 16.9 Å². The zero-order valence-corrected chi connectivity index (χ0v) is 15.8. The van der Waals surface area contributed by atoms with Gasteiger partial charge in [0, 0.05) is 25.1 Å². The van der Waals surface area contributed by atoms with Crippen LogP contribution >= 0.6 is 0 Å². The van der Waals surface area contributed by atoms with Gasteiger partial charge >= 0.3 is 0 Å². The van der Waals surface area contributed by atoms with Gasteiger partial charge in [0.25, 0.3) is 5.91 Å². The van der Waals surface area contributed by atoms with E-state index in [9.17, 15) is 4.79 Å². The number of amides is 1. The Kier molecular flexibility index (Phi) is 5.71. The summed E-state index contributed by atoms with van der Waals surface area (Å²) in [6.07, 6.45) is 1.73. The molecular weight excluding hydrogens is 322 g/mol. The van der Waals surface area contributed by atoms with Gasteiger partial charge in [0.1, 0.15) is 5.82 Å². The normalized spacial score (nSPS) is 11.2. The summed E-state index contributed by atoms with van der Waals surface area (Å²) in [5, 5.41) is 3.03. The molecule has 0 spiro atoms. The second-order valence-electron chi connectivity index (χ2n) is 7.20. The Hall–Kier alpha value is -2.62. The summed E-state index contributed by atoms with van der Waals surface area (Å²) in [5.74, 6) is 1.66. The van der Waals surface area contributed by atoms with E-state index in [1.54, 1.807) is 0 Å². The third-order valence-corrected chi connectivity index (χ3v) is 4.53. The summed E-state index contributed by atoms with van der Waals surface area (Å²) >= 11 is 0. The first-order valence-electron chi connectivity index (χ1n) is 9.34. The zero-order chi connectivity index (χ0) is 18.5. The minimum atomic E-state index is -0.00113. The molecule has 1 N–H and O–H groups in total. The van der Waals surface area contributed by atoms with E-state index in [1.165, 1.54) is 5.52 Å². The van der Waals surface area contributed by atoms with Crippen molar-refractivity contribution in [3.05, 3.63) is 65.5 Å². The SMILES string of the molecule is Cc1ccccc1C(=O)NCCCc1nc2ccccc2n1CC(C)C. The molecule has 1 heterocycles. The van der Waals surface area contributed by atoms with E-state index in [2.05, 4.69) is 41.9 Å². The highest BCUT2D eigenvalue weighted by Crippen LogP contribution is 2.18. The number of carbonyl (C=O) groups is 1. The highest BCUT2D eigenvalue weighted by atomic mass is 16.1. The van der Waals surface area contributed by atoms with E-state index in [-0.39, 0.29) is 5.91 Å². The van der Waals surface area contributed by atoms with Crippen molar-refractivity contribution in [2.24, 2.45) is 5.92 Å². The maximum Gasteiger partial charge on any atom is 0.251 e. The monoisotopic (exact) mass is 349 g/mol. The number of benzene rings is 2. The zero-order valence-electron chi connectivity index (χ0n) is 15.8. The van der Waals surface area contributed by atoms with Crippen molar-refractivity contribution in [3.63, 3.8) is 0 Å². The van der Waals surface area contributed by atoms with Gasteiger partial charge in [-0.05, 0) is 43.0 Å². The molecule has 2 aromatic carbocycles. The lowest BCUT2D eigenvalue weighted by atomic mass is 10.1. The van der Waals surface area contributed by atoms with E-state index in [0.717, 1.165) is 41.9 Å². The summed E-state index contributed by atoms with van der Waals surface area (Å²) in [5.41, 5.74) is 4.00. The van der Waals surface area contributed by atoms with Crippen LogP contribution in [0.3, 0.4) is 0 Å². The van der Waals surface area contributed by atoms with Crippen molar-refractivity contribution in [2.45, 2.75) is 40.2 Å². The van der Waals surface area contributed by atoms with E-state index in [0.29, 0.717) is 12.5 Å². The Morgan fingerprint density at radius 1 is 1.12 bits per heavy atom. The number of fused-ring (bicyclic) bond motifs is 1. The Morgan fingerprint density at radius 2 is 1.85 bits per heavy atom. The van der Waals surface area contributed by atoms with Crippen molar-refractivity contribution < 1.29 is 4.79 Å². The van der Waals surface area contributed by atoms with Gasteiger partial charge in [0.05, 0.1) is 11.0 Å². The lowest BCUT2D eigenvalue weighted by molar-refractivity contribution is 0.0952. The lowest BCUT2D eigenvalue weighted by Gasteiger charge is -2.12. The maximum absolute atomic E-state index is 12.3. The molecule has 0 aliphatic carbocycles. The number of carbonyl (C=O) groups excluding carboxylic acids is 1. The van der Waals surface area contributed by atoms with Crippen molar-refractivity contribution in [2.75, 3.05) is 6.54 Å². The third-order valence-electron chi connectivity index (χ3n) is 4.53. The van der Waals surface area contributed by atoms with Crippen LogP contribution in [0.2, 0.25) is 0 Å². The first-order valence-corrected chi connectivity index (χ1v) is 9.34. The number of para-hydroxylation sites is 2. The number of rotatable bonds is 7. The fraction of sp³-hybridized carbons (Fsp3) is 0.364. The van der Waals surface area contributed by atoms with Crippen molar-refractivity contribution in [3.8, 4) is 0 Å². The molecule has 1 aromatic heterocycles. The van der Waals surface area contributed by atoms with Gasteiger partial charge in [-0.3, -0.25) is 4.79 Å². The Morgan fingerprint density at radius 3 is 2.62 bits per heavy atom. The van der Waals surface area contributed by atoms with E-state index >= 15 is 0 Å². The van der Waals surface area contributed by atoms with Crippen molar-refractivity contribution in [1.82, 2.24) is 14.9 Å². The number of aryl methyl sites for hydroxylation is 2. The van der Waals surface area contributed by atoms with Gasteiger partial charge in [0.15, 0.2) is 0 Å². The molecule has 0 fully saturated rings. The van der Waals surface area contributed by atoms with Crippen LogP contribution in [0.25, 0.3) is 11.0 Å². The van der Waals surface area contributed by atoms with Crippen LogP contribution in [0.4, 0.5) is 0 Å². The Labute approximate surface area is 155 Å². The second kappa shape index (κ2) is 8.17. The van der Waals surface area contributed by atoms with Crippen LogP contribution in [-0.4, -0.2) is 22.0 Å². The quantitative estimate of drug-likeness (QED) is 0.644. The van der Waals surface area contributed by atoms with Gasteiger partial charge in [-0.1, -0.05) is 44.2 Å². The molecule has 0 unspecified atom stereocenters. The van der Waals surface area contributed by atoms with Gasteiger partial charge in [-0.15, -0.1) is 0 Å². The summed E-state index contributed by atoms with van der Waals surface area (Å²) in [6, 6.07) is 16.0. The van der Waals surface area contributed by atoms with Crippen LogP contribution in [0, 0.1) is 12.8 Å². The highest BCUT2D eigenvalue weighted by molar-refractivity contribution is 5.95. The van der Waals surface area contributed by atoms with E-state index < -0.39 is 0 Å². The highest BCUT2D eigenvalue weighted by Gasteiger charge is 2.12. The molecule has 0 saturated heterocycles. The minimum absolute atomic E-state index is 0.00113. The Bertz CT molecular complexity index is 895. The minimum Gasteiger partial charge on any atom is -0.352 e. The number of hydrogen-bond acceptors (Lipinski definition) is 2. The standard InChI is InChI=1S/C22H27N3O/c1-16(2)15-25-20-12-7-6-11-19(20)24-21(25)13-8-14-23-22(26)18-10-5-4-9-17(18)3/h4-7,9-12,16H,8,13-15H2,1-3H3,(H,23,26). The molecule has 0 saturated carbocycles. The summed E-state index contributed by atoms with van der Waals surface area (Å²) in [7, 11) is 0. The van der Waals surface area contributed by atoms with Crippen LogP contribution in [0.15, 0.2) is 48.5 Å². The molecule has 3 rings (SSSR count). The van der Waals surface area contributed by atoms with Gasteiger partial charge in [-0.25, -0.2) is 4.98 Å². The maximum atomic E-state index is 12.3. The average Bonchev–Trinajstić information content (AvgIpc) is 2.96. The number of hydrogen-bond donors (Lipinski definition) is 1. The molecule has 3 aromatic rings. The smallest absolute Gasteiger partial charge is 0.251 e. The molecule has 0 radical (unpaired) electrons. The number of nitrogens with one attached hydrogen (secondary N) is 1. The van der Waals surface area contributed by atoms with Gasteiger partial charge < -0.3 is 9.88 Å². The average molecular weight is 349 g/mol. The summed E-state index contributed by atoms with van der Waals surface area (Å²) in [4.78, 5) is 17.1. The van der Waals surface area contributed by atoms with Gasteiger partial charge in [-0.2, -0.15) is 0 Å². The topological polar surface area (TPSA) is 46.9 Å². The first-order chi connectivity index (χ1) is 12.6. The molecule has 0 atom stereocenters. The molecular formula is C22H27N3O. The largest absolute Gasteiger partial charge is 0.352 e. The van der Waals surface area contributed by atoms with Crippen molar-refractivity contribution in [1.29, 1.82) is 0 Å². The predicted octanol–water partition coefficient (Wildman–Crippen LogP) is 4.36.